The number of amides is 1. The number of H-pyrrole nitrogens is 2. The molecule has 1 unspecified atom stereocenters. The highest BCUT2D eigenvalue weighted by Gasteiger charge is 2.27. The number of nitrogens with zero attached hydrogens (tertiary/aromatic N) is 1. The predicted molar refractivity (Wildman–Crippen MR) is 104 cm³/mol. The molecule has 2 N–H and O–H groups in total. The molecule has 1 aliphatic rings. The molecule has 1 aromatic carbocycles. The molecule has 0 spiro atoms. The van der Waals surface area contributed by atoms with Crippen LogP contribution in [0.15, 0.2) is 23.0 Å². The molecule has 1 amide bonds. The molecule has 0 radical (unpaired) electrons. The molecule has 0 saturated carbocycles. The van der Waals surface area contributed by atoms with Crippen LogP contribution in [-0.4, -0.2) is 46.1 Å². The number of rotatable bonds is 5. The molecule has 0 aliphatic carbocycles. The molecule has 26 heavy (non-hydrogen) atoms. The number of aromatic nitrogens is 2. The molecule has 140 valence electrons. The number of fused-ring (bicyclic) bond motifs is 1. The van der Waals surface area contributed by atoms with Crippen molar-refractivity contribution >= 4 is 29.0 Å². The average Bonchev–Trinajstić information content (AvgIpc) is 2.60. The summed E-state index contributed by atoms with van der Waals surface area (Å²) in [4.78, 5) is 32.5. The van der Waals surface area contributed by atoms with Crippen molar-refractivity contribution < 1.29 is 9.53 Å². The van der Waals surface area contributed by atoms with Gasteiger partial charge in [0.05, 0.1) is 17.0 Å². The van der Waals surface area contributed by atoms with Crippen LogP contribution >= 0.6 is 12.2 Å². The monoisotopic (exact) mass is 375 g/mol. The first-order valence-corrected chi connectivity index (χ1v) is 9.55. The van der Waals surface area contributed by atoms with Crippen LogP contribution in [0.2, 0.25) is 0 Å². The van der Waals surface area contributed by atoms with E-state index in [4.69, 9.17) is 17.0 Å². The van der Waals surface area contributed by atoms with Gasteiger partial charge < -0.3 is 14.6 Å². The highest BCUT2D eigenvalue weighted by Crippen LogP contribution is 2.23. The van der Waals surface area contributed by atoms with Gasteiger partial charge in [0.15, 0.2) is 4.77 Å². The van der Waals surface area contributed by atoms with Gasteiger partial charge in [-0.1, -0.05) is 0 Å². The average molecular weight is 375 g/mol. The number of carbonyl (C=O) groups is 1. The second-order valence-corrected chi connectivity index (χ2v) is 7.43. The first-order chi connectivity index (χ1) is 12.5. The number of aromatic amines is 2. The number of ether oxygens (including phenoxy) is 1. The van der Waals surface area contributed by atoms with Crippen LogP contribution in [0, 0.1) is 4.77 Å². The summed E-state index contributed by atoms with van der Waals surface area (Å²) in [5.74, 6) is 0.000692. The summed E-state index contributed by atoms with van der Waals surface area (Å²) < 4.78 is 5.93. The van der Waals surface area contributed by atoms with E-state index in [0.717, 1.165) is 32.2 Å². The number of likely N-dealkylation sites (tertiary alicyclic amines) is 1. The zero-order chi connectivity index (χ0) is 18.7. The number of hydrogen-bond donors (Lipinski definition) is 2. The van der Waals surface area contributed by atoms with Crippen LogP contribution in [0.5, 0.6) is 0 Å². The summed E-state index contributed by atoms with van der Waals surface area (Å²) in [6.07, 6.45) is 4.20. The number of benzene rings is 1. The van der Waals surface area contributed by atoms with Gasteiger partial charge in [0.25, 0.3) is 11.5 Å². The van der Waals surface area contributed by atoms with E-state index in [2.05, 4.69) is 9.97 Å². The molecule has 0 bridgehead atoms. The molecule has 3 rings (SSSR count). The van der Waals surface area contributed by atoms with Gasteiger partial charge in [-0.25, -0.2) is 0 Å². The normalized spacial score (nSPS) is 17.8. The fourth-order valence-electron chi connectivity index (χ4n) is 3.48. The first-order valence-electron chi connectivity index (χ1n) is 9.14. The lowest BCUT2D eigenvalue weighted by atomic mass is 9.98. The SMILES string of the molecule is CC(C)OCCC1CCCCN1C(=O)c1ccc2c(=O)[nH]c(=S)[nH]c2c1. The van der Waals surface area contributed by atoms with Crippen LogP contribution in [0.25, 0.3) is 10.9 Å². The van der Waals surface area contributed by atoms with Crippen LogP contribution in [0.3, 0.4) is 0 Å². The summed E-state index contributed by atoms with van der Waals surface area (Å²) in [6.45, 7) is 5.45. The van der Waals surface area contributed by atoms with Gasteiger partial charge in [-0.05, 0) is 69.9 Å². The van der Waals surface area contributed by atoms with Crippen LogP contribution < -0.4 is 5.56 Å². The Hall–Kier alpha value is -1.99. The number of nitrogens with one attached hydrogen (secondary N) is 2. The van der Waals surface area contributed by atoms with E-state index in [1.807, 2.05) is 18.7 Å². The van der Waals surface area contributed by atoms with Gasteiger partial charge in [-0.2, -0.15) is 0 Å². The van der Waals surface area contributed by atoms with Crippen molar-refractivity contribution in [2.24, 2.45) is 0 Å². The minimum atomic E-state index is -0.246. The molecule has 1 aromatic heterocycles. The fourth-order valence-corrected chi connectivity index (χ4v) is 3.68. The van der Waals surface area contributed by atoms with Gasteiger partial charge in [0.2, 0.25) is 0 Å². The van der Waals surface area contributed by atoms with Crippen molar-refractivity contribution in [3.8, 4) is 0 Å². The quantitative estimate of drug-likeness (QED) is 0.785. The Morgan fingerprint density at radius 3 is 2.92 bits per heavy atom. The second-order valence-electron chi connectivity index (χ2n) is 7.02. The second kappa shape index (κ2) is 8.14. The summed E-state index contributed by atoms with van der Waals surface area (Å²) in [7, 11) is 0. The fraction of sp³-hybridized carbons (Fsp3) is 0.526. The first kappa shape index (κ1) is 18.8. The van der Waals surface area contributed by atoms with E-state index in [9.17, 15) is 9.59 Å². The Morgan fingerprint density at radius 1 is 1.35 bits per heavy atom. The van der Waals surface area contributed by atoms with Crippen molar-refractivity contribution in [1.82, 2.24) is 14.9 Å². The molecule has 6 nitrogen and oxygen atoms in total. The molecular formula is C19H25N3O3S. The van der Waals surface area contributed by atoms with Crippen molar-refractivity contribution in [2.75, 3.05) is 13.2 Å². The van der Waals surface area contributed by atoms with Gasteiger partial charge in [0.1, 0.15) is 0 Å². The van der Waals surface area contributed by atoms with E-state index in [-0.39, 0.29) is 28.4 Å². The van der Waals surface area contributed by atoms with Crippen molar-refractivity contribution in [3.05, 3.63) is 38.9 Å². The topological polar surface area (TPSA) is 78.2 Å². The summed E-state index contributed by atoms with van der Waals surface area (Å²) in [5, 5.41) is 0.496. The third-order valence-electron chi connectivity index (χ3n) is 4.78. The van der Waals surface area contributed by atoms with Gasteiger partial charge in [0, 0.05) is 24.8 Å². The third-order valence-corrected chi connectivity index (χ3v) is 4.98. The molecule has 2 heterocycles. The zero-order valence-corrected chi connectivity index (χ0v) is 16.0. The van der Waals surface area contributed by atoms with Gasteiger partial charge in [-0.15, -0.1) is 0 Å². The van der Waals surface area contributed by atoms with Gasteiger partial charge >= 0.3 is 0 Å². The smallest absolute Gasteiger partial charge is 0.259 e. The summed E-state index contributed by atoms with van der Waals surface area (Å²) in [5.41, 5.74) is 0.913. The lowest BCUT2D eigenvalue weighted by Crippen LogP contribution is -2.44. The maximum absolute atomic E-state index is 13.1. The molecular weight excluding hydrogens is 350 g/mol. The molecule has 1 aliphatic heterocycles. The lowest BCUT2D eigenvalue weighted by Gasteiger charge is -2.36. The Bertz CT molecular complexity index is 903. The molecule has 1 saturated heterocycles. The largest absolute Gasteiger partial charge is 0.379 e. The maximum atomic E-state index is 13.1. The van der Waals surface area contributed by atoms with E-state index < -0.39 is 0 Å². The lowest BCUT2D eigenvalue weighted by molar-refractivity contribution is 0.0398. The van der Waals surface area contributed by atoms with Gasteiger partial charge in [-0.3, -0.25) is 14.6 Å². The molecule has 2 aromatic rings. The number of piperidine rings is 1. The van der Waals surface area contributed by atoms with Crippen molar-refractivity contribution in [2.45, 2.75) is 51.7 Å². The standard InChI is InChI=1S/C19H25N3O3S/c1-12(2)25-10-8-14-5-3-4-9-22(14)18(24)13-6-7-15-16(11-13)20-19(26)21-17(15)23/h6-7,11-12,14H,3-5,8-10H2,1-2H3,(H2,20,21,23,26). The van der Waals surface area contributed by atoms with E-state index in [0.29, 0.717) is 23.1 Å². The summed E-state index contributed by atoms with van der Waals surface area (Å²) >= 11 is 5.03. The Kier molecular flexibility index (Phi) is 5.88. The Morgan fingerprint density at radius 2 is 2.15 bits per heavy atom. The molecule has 1 atom stereocenters. The van der Waals surface area contributed by atoms with Crippen LogP contribution in [-0.2, 0) is 4.74 Å². The highest BCUT2D eigenvalue weighted by atomic mass is 32.1. The minimum Gasteiger partial charge on any atom is -0.379 e. The van der Waals surface area contributed by atoms with Crippen molar-refractivity contribution in [3.63, 3.8) is 0 Å². The number of carbonyl (C=O) groups excluding carboxylic acids is 1. The summed E-state index contributed by atoms with van der Waals surface area (Å²) in [6, 6.07) is 5.31. The van der Waals surface area contributed by atoms with Crippen molar-refractivity contribution in [1.29, 1.82) is 0 Å². The number of hydrogen-bond acceptors (Lipinski definition) is 4. The third kappa shape index (κ3) is 4.22. The van der Waals surface area contributed by atoms with E-state index in [1.165, 1.54) is 0 Å². The molecule has 7 heteroatoms. The van der Waals surface area contributed by atoms with E-state index >= 15 is 0 Å². The Balaban J connectivity index is 1.83. The maximum Gasteiger partial charge on any atom is 0.259 e. The zero-order valence-electron chi connectivity index (χ0n) is 15.2. The highest BCUT2D eigenvalue weighted by molar-refractivity contribution is 7.71. The minimum absolute atomic E-state index is 0.000692. The molecule has 1 fully saturated rings. The van der Waals surface area contributed by atoms with Crippen LogP contribution in [0.4, 0.5) is 0 Å². The van der Waals surface area contributed by atoms with E-state index in [1.54, 1.807) is 18.2 Å². The van der Waals surface area contributed by atoms with Crippen LogP contribution in [0.1, 0.15) is 49.9 Å². The predicted octanol–water partition coefficient (Wildman–Crippen LogP) is 3.40. The Labute approximate surface area is 157 Å².